The second-order valence-electron chi connectivity index (χ2n) is 5.48. The number of carbonyl (C=O) groups is 1. The van der Waals surface area contributed by atoms with Crippen molar-refractivity contribution in [1.82, 2.24) is 10.2 Å². The van der Waals surface area contributed by atoms with Crippen LogP contribution in [0, 0.1) is 17.8 Å². The van der Waals surface area contributed by atoms with Gasteiger partial charge < -0.3 is 15.0 Å². The van der Waals surface area contributed by atoms with Crippen LogP contribution in [-0.4, -0.2) is 50.7 Å². The molecule has 4 nitrogen and oxygen atoms in total. The van der Waals surface area contributed by atoms with Gasteiger partial charge in [0.25, 0.3) is 0 Å². The van der Waals surface area contributed by atoms with Crippen molar-refractivity contribution >= 4 is 5.91 Å². The summed E-state index contributed by atoms with van der Waals surface area (Å²) in [5.41, 5.74) is 0. The summed E-state index contributed by atoms with van der Waals surface area (Å²) in [6.45, 7) is 6.67. The summed E-state index contributed by atoms with van der Waals surface area (Å²) in [5.74, 6) is 1.65. The number of ether oxygens (including phenoxy) is 1. The van der Waals surface area contributed by atoms with Crippen LogP contribution in [0.25, 0.3) is 0 Å². The molecule has 0 aromatic rings. The van der Waals surface area contributed by atoms with Gasteiger partial charge in [0.2, 0.25) is 5.91 Å². The highest BCUT2D eigenvalue weighted by Crippen LogP contribution is 2.20. The molecule has 0 aromatic carbocycles. The van der Waals surface area contributed by atoms with Crippen molar-refractivity contribution in [3.63, 3.8) is 0 Å². The summed E-state index contributed by atoms with van der Waals surface area (Å²) in [5, 5.41) is 3.23. The quantitative estimate of drug-likeness (QED) is 0.787. The van der Waals surface area contributed by atoms with Gasteiger partial charge in [-0.15, -0.1) is 0 Å². The van der Waals surface area contributed by atoms with Gasteiger partial charge in [-0.3, -0.25) is 4.79 Å². The summed E-state index contributed by atoms with van der Waals surface area (Å²) in [4.78, 5) is 14.1. The molecule has 2 heterocycles. The van der Waals surface area contributed by atoms with Crippen LogP contribution in [0.1, 0.15) is 19.8 Å². The van der Waals surface area contributed by atoms with E-state index in [2.05, 4.69) is 12.2 Å². The largest absolute Gasteiger partial charge is 0.381 e. The van der Waals surface area contributed by atoms with Crippen LogP contribution >= 0.6 is 0 Å². The van der Waals surface area contributed by atoms with E-state index in [0.717, 1.165) is 45.7 Å². The van der Waals surface area contributed by atoms with Gasteiger partial charge in [0.15, 0.2) is 0 Å². The van der Waals surface area contributed by atoms with Crippen molar-refractivity contribution in [2.75, 3.05) is 39.9 Å². The summed E-state index contributed by atoms with van der Waals surface area (Å²) >= 11 is 0. The zero-order valence-corrected chi connectivity index (χ0v) is 10.9. The maximum absolute atomic E-state index is 12.2. The molecule has 2 fully saturated rings. The highest BCUT2D eigenvalue weighted by Gasteiger charge is 2.31. The maximum atomic E-state index is 12.2. The zero-order valence-electron chi connectivity index (χ0n) is 10.9. The molecule has 0 aromatic heterocycles. The molecule has 98 valence electrons. The average Bonchev–Trinajstić information content (AvgIpc) is 2.27. The number of amides is 1. The van der Waals surface area contributed by atoms with Gasteiger partial charge in [-0.05, 0) is 37.8 Å². The van der Waals surface area contributed by atoms with Crippen LogP contribution in [0.5, 0.6) is 0 Å². The lowest BCUT2D eigenvalue weighted by molar-refractivity contribution is -0.137. The van der Waals surface area contributed by atoms with E-state index in [0.29, 0.717) is 17.7 Å². The Bertz CT molecular complexity index is 260. The van der Waals surface area contributed by atoms with Gasteiger partial charge in [0.1, 0.15) is 0 Å². The SMILES string of the molecule is CC(C(=O)N(C)CC1CCOCC1)C1CNC1. The van der Waals surface area contributed by atoms with E-state index < -0.39 is 0 Å². The molecule has 2 aliphatic heterocycles. The molecule has 0 saturated carbocycles. The Kier molecular flexibility index (Phi) is 4.40. The van der Waals surface area contributed by atoms with E-state index in [4.69, 9.17) is 4.74 Å². The van der Waals surface area contributed by atoms with Crippen molar-refractivity contribution in [2.24, 2.45) is 17.8 Å². The van der Waals surface area contributed by atoms with Crippen molar-refractivity contribution in [3.05, 3.63) is 0 Å². The lowest BCUT2D eigenvalue weighted by atomic mass is 9.87. The normalized spacial score (nSPS) is 24.1. The smallest absolute Gasteiger partial charge is 0.225 e. The standard InChI is InChI=1S/C13H24N2O2/c1-10(12-7-14-8-12)13(16)15(2)9-11-3-5-17-6-4-11/h10-12,14H,3-9H2,1-2H3. The minimum atomic E-state index is 0.168. The molecule has 0 radical (unpaired) electrons. The molecule has 4 heteroatoms. The summed E-state index contributed by atoms with van der Waals surface area (Å²) in [6, 6.07) is 0. The molecular formula is C13H24N2O2. The molecule has 0 spiro atoms. The highest BCUT2D eigenvalue weighted by atomic mass is 16.5. The van der Waals surface area contributed by atoms with E-state index in [1.807, 2.05) is 11.9 Å². The first-order valence-corrected chi connectivity index (χ1v) is 6.72. The number of nitrogens with zero attached hydrogens (tertiary/aromatic N) is 1. The first-order chi connectivity index (χ1) is 8.18. The molecule has 1 amide bonds. The number of carbonyl (C=O) groups excluding carboxylic acids is 1. The Balaban J connectivity index is 1.77. The van der Waals surface area contributed by atoms with Crippen LogP contribution in [0.4, 0.5) is 0 Å². The minimum Gasteiger partial charge on any atom is -0.381 e. The molecule has 0 bridgehead atoms. The van der Waals surface area contributed by atoms with Crippen LogP contribution in [0.15, 0.2) is 0 Å². The predicted molar refractivity (Wildman–Crippen MR) is 66.7 cm³/mol. The Morgan fingerprint density at radius 3 is 2.59 bits per heavy atom. The molecule has 1 atom stereocenters. The lowest BCUT2D eigenvalue weighted by Crippen LogP contribution is -2.50. The van der Waals surface area contributed by atoms with Crippen LogP contribution in [-0.2, 0) is 9.53 Å². The first kappa shape index (κ1) is 12.8. The molecule has 1 N–H and O–H groups in total. The van der Waals surface area contributed by atoms with Gasteiger partial charge in [-0.25, -0.2) is 0 Å². The number of nitrogens with one attached hydrogen (secondary N) is 1. The fourth-order valence-electron chi connectivity index (χ4n) is 2.62. The van der Waals surface area contributed by atoms with E-state index in [-0.39, 0.29) is 5.92 Å². The van der Waals surface area contributed by atoms with Gasteiger partial charge in [-0.1, -0.05) is 6.92 Å². The predicted octanol–water partition coefficient (Wildman–Crippen LogP) is 0.727. The molecule has 1 unspecified atom stereocenters. The zero-order chi connectivity index (χ0) is 12.3. The van der Waals surface area contributed by atoms with Crippen molar-refractivity contribution in [2.45, 2.75) is 19.8 Å². The fourth-order valence-corrected chi connectivity index (χ4v) is 2.62. The van der Waals surface area contributed by atoms with Crippen LogP contribution in [0.2, 0.25) is 0 Å². The first-order valence-electron chi connectivity index (χ1n) is 6.72. The third-order valence-electron chi connectivity index (χ3n) is 4.16. The number of hydrogen-bond donors (Lipinski definition) is 1. The van der Waals surface area contributed by atoms with Gasteiger partial charge >= 0.3 is 0 Å². The third kappa shape index (κ3) is 3.19. The molecule has 0 aliphatic carbocycles. The molecule has 2 aliphatic rings. The van der Waals surface area contributed by atoms with Crippen LogP contribution < -0.4 is 5.32 Å². The fraction of sp³-hybridized carbons (Fsp3) is 0.923. The van der Waals surface area contributed by atoms with Gasteiger partial charge in [-0.2, -0.15) is 0 Å². The molecule has 17 heavy (non-hydrogen) atoms. The summed E-state index contributed by atoms with van der Waals surface area (Å²) in [7, 11) is 1.94. The monoisotopic (exact) mass is 240 g/mol. The molecule has 2 rings (SSSR count). The highest BCUT2D eigenvalue weighted by molar-refractivity contribution is 5.78. The minimum absolute atomic E-state index is 0.168. The van der Waals surface area contributed by atoms with Crippen molar-refractivity contribution in [3.8, 4) is 0 Å². The summed E-state index contributed by atoms with van der Waals surface area (Å²) in [6.07, 6.45) is 2.19. The van der Waals surface area contributed by atoms with Gasteiger partial charge in [0, 0.05) is 32.7 Å². The number of hydrogen-bond acceptors (Lipinski definition) is 3. The summed E-state index contributed by atoms with van der Waals surface area (Å²) < 4.78 is 5.34. The van der Waals surface area contributed by atoms with E-state index in [9.17, 15) is 4.79 Å². The van der Waals surface area contributed by atoms with E-state index in [1.54, 1.807) is 0 Å². The van der Waals surface area contributed by atoms with Crippen molar-refractivity contribution in [1.29, 1.82) is 0 Å². The Labute approximate surface area is 104 Å². The second-order valence-corrected chi connectivity index (χ2v) is 5.48. The Hall–Kier alpha value is -0.610. The van der Waals surface area contributed by atoms with Crippen LogP contribution in [0.3, 0.4) is 0 Å². The van der Waals surface area contributed by atoms with E-state index >= 15 is 0 Å². The number of rotatable bonds is 4. The third-order valence-corrected chi connectivity index (χ3v) is 4.16. The second kappa shape index (κ2) is 5.83. The maximum Gasteiger partial charge on any atom is 0.225 e. The Morgan fingerprint density at radius 2 is 2.06 bits per heavy atom. The van der Waals surface area contributed by atoms with Gasteiger partial charge in [0.05, 0.1) is 0 Å². The topological polar surface area (TPSA) is 41.6 Å². The van der Waals surface area contributed by atoms with Crippen molar-refractivity contribution < 1.29 is 9.53 Å². The average molecular weight is 240 g/mol. The molecule has 2 saturated heterocycles. The lowest BCUT2D eigenvalue weighted by Gasteiger charge is -2.35. The molecular weight excluding hydrogens is 216 g/mol. The van der Waals surface area contributed by atoms with E-state index in [1.165, 1.54) is 0 Å². The Morgan fingerprint density at radius 1 is 1.41 bits per heavy atom.